The predicted molar refractivity (Wildman–Crippen MR) is 83.1 cm³/mol. The van der Waals surface area contributed by atoms with Gasteiger partial charge >= 0.3 is 6.03 Å². The second-order valence-corrected chi connectivity index (χ2v) is 4.55. The lowest BCUT2D eigenvalue weighted by Gasteiger charge is -2.07. The van der Waals surface area contributed by atoms with E-state index in [1.165, 1.54) is 0 Å². The van der Waals surface area contributed by atoms with E-state index in [-0.39, 0.29) is 6.03 Å². The molecule has 0 radical (unpaired) electrons. The molecule has 3 rings (SSSR count). The molecule has 112 valence electrons. The second kappa shape index (κ2) is 5.72. The Hall–Kier alpha value is -3.09. The molecule has 0 atom stereocenters. The summed E-state index contributed by atoms with van der Waals surface area (Å²) in [5, 5.41) is 9.60. The van der Waals surface area contributed by atoms with Crippen LogP contribution in [0, 0.1) is 0 Å². The van der Waals surface area contributed by atoms with Crippen molar-refractivity contribution in [1.29, 1.82) is 0 Å². The molecule has 22 heavy (non-hydrogen) atoms. The van der Waals surface area contributed by atoms with Gasteiger partial charge in [0.05, 0.1) is 19.0 Å². The number of anilines is 1. The van der Waals surface area contributed by atoms with Crippen molar-refractivity contribution in [2.24, 2.45) is 0 Å². The number of nitrogens with one attached hydrogen (secondary N) is 2. The van der Waals surface area contributed by atoms with Crippen molar-refractivity contribution in [3.05, 3.63) is 42.6 Å². The number of urea groups is 1. The van der Waals surface area contributed by atoms with Crippen LogP contribution in [0.5, 0.6) is 5.75 Å². The largest absolute Gasteiger partial charge is 0.496 e. The zero-order valence-electron chi connectivity index (χ0n) is 12.2. The van der Waals surface area contributed by atoms with Crippen LogP contribution in [0.4, 0.5) is 10.6 Å². The summed E-state index contributed by atoms with van der Waals surface area (Å²) in [6.45, 7) is 0. The molecule has 0 aliphatic carbocycles. The summed E-state index contributed by atoms with van der Waals surface area (Å²) in [7, 11) is 3.17. The van der Waals surface area contributed by atoms with Gasteiger partial charge in [-0.15, -0.1) is 0 Å². The van der Waals surface area contributed by atoms with E-state index in [2.05, 4.69) is 20.7 Å². The average molecular weight is 297 g/mol. The maximum absolute atomic E-state index is 11.3. The molecule has 7 heteroatoms. The molecule has 0 saturated heterocycles. The third-order valence-electron chi connectivity index (χ3n) is 3.17. The van der Waals surface area contributed by atoms with E-state index in [4.69, 9.17) is 4.74 Å². The monoisotopic (exact) mass is 297 g/mol. The molecule has 1 aromatic carbocycles. The van der Waals surface area contributed by atoms with Gasteiger partial charge in [-0.2, -0.15) is 5.10 Å². The first-order chi connectivity index (χ1) is 10.7. The summed E-state index contributed by atoms with van der Waals surface area (Å²) in [5.74, 6) is 1.18. The minimum atomic E-state index is -0.326. The highest BCUT2D eigenvalue weighted by atomic mass is 16.5. The third kappa shape index (κ3) is 2.56. The molecule has 0 bridgehead atoms. The highest BCUT2D eigenvalue weighted by Crippen LogP contribution is 2.28. The summed E-state index contributed by atoms with van der Waals surface area (Å²) >= 11 is 0. The molecule has 0 aliphatic heterocycles. The standard InChI is InChI=1S/C15H15N5O2/c1-16-15(21)18-13-9-20-14(17-13)8-7-11(19-20)10-5-3-4-6-12(10)22-2/h3-9H,1-2H3,(H2,16,18,21). The fourth-order valence-electron chi connectivity index (χ4n) is 2.12. The minimum Gasteiger partial charge on any atom is -0.496 e. The van der Waals surface area contributed by atoms with Crippen LogP contribution in [0.25, 0.3) is 16.9 Å². The number of hydrogen-bond acceptors (Lipinski definition) is 4. The Morgan fingerprint density at radius 2 is 2.05 bits per heavy atom. The maximum Gasteiger partial charge on any atom is 0.320 e. The fourth-order valence-corrected chi connectivity index (χ4v) is 2.12. The van der Waals surface area contributed by atoms with Gasteiger partial charge in [0.1, 0.15) is 5.75 Å². The van der Waals surface area contributed by atoms with Gasteiger partial charge in [0, 0.05) is 12.6 Å². The molecule has 0 fully saturated rings. The molecule has 0 saturated carbocycles. The highest BCUT2D eigenvalue weighted by molar-refractivity contribution is 5.88. The lowest BCUT2D eigenvalue weighted by Crippen LogP contribution is -2.24. The first-order valence-electron chi connectivity index (χ1n) is 6.70. The quantitative estimate of drug-likeness (QED) is 0.776. The van der Waals surface area contributed by atoms with Gasteiger partial charge in [-0.25, -0.2) is 14.3 Å². The van der Waals surface area contributed by atoms with E-state index < -0.39 is 0 Å². The molecule has 7 nitrogen and oxygen atoms in total. The van der Waals surface area contributed by atoms with E-state index in [1.54, 1.807) is 24.9 Å². The van der Waals surface area contributed by atoms with Gasteiger partial charge in [0.25, 0.3) is 0 Å². The zero-order chi connectivity index (χ0) is 15.5. The molecule has 2 aromatic heterocycles. The number of nitrogens with zero attached hydrogens (tertiary/aromatic N) is 3. The smallest absolute Gasteiger partial charge is 0.320 e. The number of aromatic nitrogens is 3. The van der Waals surface area contributed by atoms with Crippen molar-refractivity contribution in [2.75, 3.05) is 19.5 Å². The topological polar surface area (TPSA) is 80.6 Å². The third-order valence-corrected chi connectivity index (χ3v) is 3.17. The molecule has 2 N–H and O–H groups in total. The van der Waals surface area contributed by atoms with Crippen molar-refractivity contribution in [3.8, 4) is 17.0 Å². The number of ether oxygens (including phenoxy) is 1. The van der Waals surface area contributed by atoms with E-state index >= 15 is 0 Å². The molecule has 2 heterocycles. The van der Waals surface area contributed by atoms with E-state index in [0.717, 1.165) is 17.0 Å². The number of rotatable bonds is 3. The molecule has 2 amide bonds. The van der Waals surface area contributed by atoms with Crippen molar-refractivity contribution in [3.63, 3.8) is 0 Å². The van der Waals surface area contributed by atoms with Crippen molar-refractivity contribution in [2.45, 2.75) is 0 Å². The molecular formula is C15H15N5O2. The first-order valence-corrected chi connectivity index (χ1v) is 6.70. The summed E-state index contributed by atoms with van der Waals surface area (Å²) in [6.07, 6.45) is 1.66. The summed E-state index contributed by atoms with van der Waals surface area (Å²) < 4.78 is 6.97. The lowest BCUT2D eigenvalue weighted by atomic mass is 10.1. The van der Waals surface area contributed by atoms with Crippen LogP contribution in [-0.4, -0.2) is 34.8 Å². The minimum absolute atomic E-state index is 0.326. The lowest BCUT2D eigenvalue weighted by molar-refractivity contribution is 0.254. The van der Waals surface area contributed by atoms with Crippen LogP contribution in [0.15, 0.2) is 42.6 Å². The van der Waals surface area contributed by atoms with Crippen LogP contribution in [0.3, 0.4) is 0 Å². The second-order valence-electron chi connectivity index (χ2n) is 4.55. The number of fused-ring (bicyclic) bond motifs is 1. The van der Waals surface area contributed by atoms with Gasteiger partial charge in [-0.1, -0.05) is 12.1 Å². The van der Waals surface area contributed by atoms with Crippen molar-refractivity contribution >= 4 is 17.5 Å². The van der Waals surface area contributed by atoms with E-state index in [1.807, 2.05) is 36.4 Å². The number of hydrogen-bond donors (Lipinski definition) is 2. The number of methoxy groups -OCH3 is 1. The van der Waals surface area contributed by atoms with Gasteiger partial charge in [-0.05, 0) is 24.3 Å². The van der Waals surface area contributed by atoms with Gasteiger partial charge in [-0.3, -0.25) is 5.32 Å². The Morgan fingerprint density at radius 1 is 1.23 bits per heavy atom. The number of imidazole rings is 1. The normalized spacial score (nSPS) is 10.5. The highest BCUT2D eigenvalue weighted by Gasteiger charge is 2.09. The fraction of sp³-hybridized carbons (Fsp3) is 0.133. The molecular weight excluding hydrogens is 282 g/mol. The van der Waals surface area contributed by atoms with Crippen LogP contribution in [0.1, 0.15) is 0 Å². The first kappa shape index (κ1) is 13.9. The summed E-state index contributed by atoms with van der Waals surface area (Å²) in [4.78, 5) is 15.6. The van der Waals surface area contributed by atoms with Crippen molar-refractivity contribution in [1.82, 2.24) is 19.9 Å². The number of carbonyl (C=O) groups is 1. The zero-order valence-corrected chi connectivity index (χ0v) is 12.2. The van der Waals surface area contributed by atoms with Crippen LogP contribution < -0.4 is 15.4 Å². The Bertz CT molecular complexity index is 828. The number of para-hydroxylation sites is 1. The van der Waals surface area contributed by atoms with Crippen LogP contribution in [0.2, 0.25) is 0 Å². The predicted octanol–water partition coefficient (Wildman–Crippen LogP) is 2.16. The maximum atomic E-state index is 11.3. The van der Waals surface area contributed by atoms with Crippen molar-refractivity contribution < 1.29 is 9.53 Å². The van der Waals surface area contributed by atoms with Crippen LogP contribution in [-0.2, 0) is 0 Å². The summed E-state index contributed by atoms with van der Waals surface area (Å²) in [6, 6.07) is 11.0. The molecule has 3 aromatic rings. The molecule has 0 aliphatic rings. The van der Waals surface area contributed by atoms with Gasteiger partial charge in [0.15, 0.2) is 11.5 Å². The van der Waals surface area contributed by atoms with Gasteiger partial charge < -0.3 is 10.1 Å². The number of amides is 2. The van der Waals surface area contributed by atoms with E-state index in [0.29, 0.717) is 11.5 Å². The Morgan fingerprint density at radius 3 is 2.82 bits per heavy atom. The number of benzene rings is 1. The van der Waals surface area contributed by atoms with Gasteiger partial charge in [0.2, 0.25) is 0 Å². The average Bonchev–Trinajstić information content (AvgIpc) is 2.95. The van der Waals surface area contributed by atoms with E-state index in [9.17, 15) is 4.79 Å². The number of carbonyl (C=O) groups excluding carboxylic acids is 1. The Labute approximate surface area is 126 Å². The molecule has 0 spiro atoms. The molecule has 0 unspecified atom stereocenters. The van der Waals surface area contributed by atoms with Crippen LogP contribution >= 0.6 is 0 Å². The Kier molecular flexibility index (Phi) is 3.61. The Balaban J connectivity index is 2.01. The SMILES string of the molecule is CNC(=O)Nc1cn2nc(-c3ccccc3OC)ccc2n1. The summed E-state index contributed by atoms with van der Waals surface area (Å²) in [5.41, 5.74) is 2.29.